The minimum atomic E-state index is -0.563. The van der Waals surface area contributed by atoms with Gasteiger partial charge in [-0.3, -0.25) is 4.79 Å². The first-order chi connectivity index (χ1) is 17.1. The third-order valence-corrected chi connectivity index (χ3v) is 5.32. The lowest BCUT2D eigenvalue weighted by atomic mass is 9.87. The van der Waals surface area contributed by atoms with E-state index in [0.717, 1.165) is 6.07 Å². The minimum absolute atomic E-state index is 0.0558. The van der Waals surface area contributed by atoms with E-state index in [1.54, 1.807) is 48.5 Å². The summed E-state index contributed by atoms with van der Waals surface area (Å²) >= 11 is 0. The number of phenols is 3. The molecule has 6 heteroatoms. The number of ether oxygens (including phenoxy) is 1. The van der Waals surface area contributed by atoms with Crippen LogP contribution in [0.3, 0.4) is 0 Å². The number of phenolic OH excluding ortho intramolecular Hbond substituents is 3. The first kappa shape index (κ1) is 26.0. The Morgan fingerprint density at radius 3 is 1.86 bits per heavy atom. The Morgan fingerprint density at radius 2 is 1.28 bits per heavy atom. The number of carbonyl (C=O) groups is 2. The summed E-state index contributed by atoms with van der Waals surface area (Å²) in [5.41, 5.74) is 2.07. The van der Waals surface area contributed by atoms with Crippen LogP contribution in [0.4, 0.5) is 0 Å². The minimum Gasteiger partial charge on any atom is -0.508 e. The van der Waals surface area contributed by atoms with E-state index < -0.39 is 5.97 Å². The van der Waals surface area contributed by atoms with Gasteiger partial charge in [0.2, 0.25) is 0 Å². The molecule has 0 amide bonds. The van der Waals surface area contributed by atoms with Gasteiger partial charge in [-0.1, -0.05) is 75.4 Å². The molecule has 0 atom stereocenters. The van der Waals surface area contributed by atoms with Gasteiger partial charge in [0.15, 0.2) is 5.78 Å². The average Bonchev–Trinajstić information content (AvgIpc) is 2.85. The van der Waals surface area contributed by atoms with Gasteiger partial charge < -0.3 is 20.1 Å². The number of hydrogen-bond donors (Lipinski definition) is 3. The fourth-order valence-corrected chi connectivity index (χ4v) is 3.29. The van der Waals surface area contributed by atoms with Crippen molar-refractivity contribution in [1.82, 2.24) is 0 Å². The highest BCUT2D eigenvalue weighted by Crippen LogP contribution is 2.26. The number of hydrogen-bond acceptors (Lipinski definition) is 6. The molecule has 4 rings (SSSR count). The predicted molar refractivity (Wildman–Crippen MR) is 138 cm³/mol. The lowest BCUT2D eigenvalue weighted by Crippen LogP contribution is -2.11. The Bertz CT molecular complexity index is 1340. The van der Waals surface area contributed by atoms with Gasteiger partial charge in [0, 0.05) is 11.6 Å². The van der Waals surface area contributed by atoms with Crippen molar-refractivity contribution < 1.29 is 29.6 Å². The molecule has 6 nitrogen and oxygen atoms in total. The van der Waals surface area contributed by atoms with Gasteiger partial charge in [-0.05, 0) is 47.4 Å². The van der Waals surface area contributed by atoms with Gasteiger partial charge in [0.05, 0.1) is 5.56 Å². The number of carbonyl (C=O) groups excluding carboxylic acids is 2. The molecule has 0 bridgehead atoms. The van der Waals surface area contributed by atoms with Crippen LogP contribution in [0, 0.1) is 0 Å². The molecule has 0 aliphatic rings. The Morgan fingerprint density at radius 1 is 0.667 bits per heavy atom. The van der Waals surface area contributed by atoms with Crippen LogP contribution in [-0.4, -0.2) is 27.1 Å². The van der Waals surface area contributed by atoms with Crippen LogP contribution in [0.15, 0.2) is 97.1 Å². The Kier molecular flexibility index (Phi) is 8.12. The Balaban J connectivity index is 0.000000205. The summed E-state index contributed by atoms with van der Waals surface area (Å²) in [6.45, 7) is 6.36. The summed E-state index contributed by atoms with van der Waals surface area (Å²) in [5.74, 6) is -0.726. The van der Waals surface area contributed by atoms with Crippen LogP contribution in [0.25, 0.3) is 0 Å². The maximum atomic E-state index is 11.9. The molecule has 0 radical (unpaired) electrons. The topological polar surface area (TPSA) is 104 Å². The number of para-hydroxylation sites is 1. The summed E-state index contributed by atoms with van der Waals surface area (Å²) in [4.78, 5) is 23.9. The van der Waals surface area contributed by atoms with Gasteiger partial charge in [-0.15, -0.1) is 0 Å². The van der Waals surface area contributed by atoms with Crippen molar-refractivity contribution in [2.24, 2.45) is 0 Å². The highest BCUT2D eigenvalue weighted by atomic mass is 16.5. The van der Waals surface area contributed by atoms with Gasteiger partial charge in [-0.2, -0.15) is 0 Å². The maximum absolute atomic E-state index is 11.9. The molecule has 0 aromatic heterocycles. The third-order valence-electron chi connectivity index (χ3n) is 5.32. The first-order valence-corrected chi connectivity index (χ1v) is 11.3. The van der Waals surface area contributed by atoms with E-state index in [0.29, 0.717) is 11.3 Å². The van der Waals surface area contributed by atoms with Gasteiger partial charge >= 0.3 is 5.97 Å². The molecule has 3 N–H and O–H groups in total. The summed E-state index contributed by atoms with van der Waals surface area (Å²) in [7, 11) is 0. The molecular formula is C30H28O6. The van der Waals surface area contributed by atoms with Crippen molar-refractivity contribution >= 4 is 11.8 Å². The fourth-order valence-electron chi connectivity index (χ4n) is 3.29. The van der Waals surface area contributed by atoms with Gasteiger partial charge in [0.1, 0.15) is 28.6 Å². The van der Waals surface area contributed by atoms with Crippen molar-refractivity contribution in [3.8, 4) is 23.0 Å². The average molecular weight is 485 g/mol. The molecule has 0 unspecified atom stereocenters. The molecule has 4 aromatic carbocycles. The van der Waals surface area contributed by atoms with E-state index in [1.807, 2.05) is 18.2 Å². The van der Waals surface area contributed by atoms with Crippen LogP contribution >= 0.6 is 0 Å². The zero-order chi connectivity index (χ0) is 26.3. The predicted octanol–water partition coefficient (Wildman–Crippen LogP) is 6.24. The molecule has 4 aromatic rings. The molecule has 0 heterocycles. The van der Waals surface area contributed by atoms with E-state index in [4.69, 9.17) is 9.84 Å². The fraction of sp³-hybridized carbons (Fsp3) is 0.133. The first-order valence-electron chi connectivity index (χ1n) is 11.3. The second-order valence-corrected chi connectivity index (χ2v) is 9.08. The lowest BCUT2D eigenvalue weighted by Gasteiger charge is -2.19. The molecule has 184 valence electrons. The quantitative estimate of drug-likeness (QED) is 0.180. The second-order valence-electron chi connectivity index (χ2n) is 9.08. The lowest BCUT2D eigenvalue weighted by molar-refractivity contribution is 0.0731. The van der Waals surface area contributed by atoms with Crippen LogP contribution in [0.5, 0.6) is 23.0 Å². The second kappa shape index (κ2) is 11.2. The zero-order valence-electron chi connectivity index (χ0n) is 20.3. The maximum Gasteiger partial charge on any atom is 0.347 e. The van der Waals surface area contributed by atoms with Gasteiger partial charge in [-0.25, -0.2) is 4.79 Å². The number of aromatic hydroxyl groups is 3. The van der Waals surface area contributed by atoms with Crippen molar-refractivity contribution in [2.45, 2.75) is 26.2 Å². The van der Waals surface area contributed by atoms with Crippen LogP contribution < -0.4 is 4.74 Å². The normalized spacial score (nSPS) is 10.6. The standard InChI is InChI=1S/C17H18O3.C13H10O3/c1-17(2,3)12-8-10-13(11-9-12)20-16(19)14-6-4-5-7-15(14)18;14-10-6-7-11(12(15)8-10)13(16)9-4-2-1-3-5-9/h4-11,18H,1-3H3;1-8,14-15H. The largest absolute Gasteiger partial charge is 0.508 e. The SMILES string of the molecule is CC(C)(C)c1ccc(OC(=O)c2ccccc2O)cc1.O=C(c1ccccc1)c1ccc(O)cc1O. The molecule has 0 saturated heterocycles. The summed E-state index contributed by atoms with van der Waals surface area (Å²) in [6.07, 6.45) is 0. The zero-order valence-corrected chi connectivity index (χ0v) is 20.3. The van der Waals surface area contributed by atoms with E-state index in [9.17, 15) is 19.8 Å². The third kappa shape index (κ3) is 6.73. The van der Waals surface area contributed by atoms with Crippen LogP contribution in [0.1, 0.15) is 52.6 Å². The molecular weight excluding hydrogens is 456 g/mol. The molecule has 0 saturated carbocycles. The van der Waals surface area contributed by atoms with E-state index in [1.165, 1.54) is 29.8 Å². The van der Waals surface area contributed by atoms with Crippen molar-refractivity contribution in [3.05, 3.63) is 119 Å². The number of rotatable bonds is 4. The smallest absolute Gasteiger partial charge is 0.347 e. The molecule has 0 fully saturated rings. The molecule has 36 heavy (non-hydrogen) atoms. The molecule has 0 spiro atoms. The van der Waals surface area contributed by atoms with E-state index >= 15 is 0 Å². The Hall–Kier alpha value is -4.58. The van der Waals surface area contributed by atoms with Crippen LogP contribution in [-0.2, 0) is 5.41 Å². The summed E-state index contributed by atoms with van der Waals surface area (Å²) in [6, 6.07) is 26.3. The monoisotopic (exact) mass is 484 g/mol. The number of benzene rings is 4. The Labute approximate surface area is 210 Å². The molecule has 0 aliphatic heterocycles. The number of ketones is 1. The van der Waals surface area contributed by atoms with Gasteiger partial charge in [0.25, 0.3) is 0 Å². The van der Waals surface area contributed by atoms with E-state index in [2.05, 4.69) is 20.8 Å². The van der Waals surface area contributed by atoms with Crippen molar-refractivity contribution in [3.63, 3.8) is 0 Å². The number of esters is 1. The highest BCUT2D eigenvalue weighted by Gasteiger charge is 2.16. The van der Waals surface area contributed by atoms with Crippen LogP contribution in [0.2, 0.25) is 0 Å². The van der Waals surface area contributed by atoms with Crippen molar-refractivity contribution in [2.75, 3.05) is 0 Å². The van der Waals surface area contributed by atoms with Crippen molar-refractivity contribution in [1.29, 1.82) is 0 Å². The summed E-state index contributed by atoms with van der Waals surface area (Å²) < 4.78 is 5.25. The summed E-state index contributed by atoms with van der Waals surface area (Å²) in [5, 5.41) is 28.3. The molecule has 0 aliphatic carbocycles. The highest BCUT2D eigenvalue weighted by molar-refractivity contribution is 6.10. The van der Waals surface area contributed by atoms with E-state index in [-0.39, 0.29) is 39.6 Å².